The fourth-order valence-electron chi connectivity index (χ4n) is 4.28. The monoisotopic (exact) mass is 416 g/mol. The van der Waals surface area contributed by atoms with Gasteiger partial charge in [-0.1, -0.05) is 6.08 Å². The lowest BCUT2D eigenvalue weighted by Gasteiger charge is -2.20. The minimum Gasteiger partial charge on any atom is -0.506 e. The first-order chi connectivity index (χ1) is 14.5. The van der Waals surface area contributed by atoms with Crippen LogP contribution in [0.5, 0.6) is 17.2 Å². The van der Waals surface area contributed by atoms with Crippen LogP contribution < -0.4 is 25.2 Å². The number of nitrogens with zero attached hydrogens (tertiary/aromatic N) is 1. The first-order valence-corrected chi connectivity index (χ1v) is 10.2. The van der Waals surface area contributed by atoms with Crippen LogP contribution >= 0.6 is 0 Å². The number of aromatic hydroxyl groups is 1. The van der Waals surface area contributed by atoms with Crippen molar-refractivity contribution in [2.45, 2.75) is 32.4 Å². The molecule has 1 aromatic carbocycles. The van der Waals surface area contributed by atoms with E-state index < -0.39 is 11.5 Å². The number of benzene rings is 1. The Hall–Kier alpha value is -3.00. The van der Waals surface area contributed by atoms with Crippen LogP contribution in [0.15, 0.2) is 29.6 Å². The standard InChI is InChI=1S/C22H29N3O5/c1-5-9-25-16-12-18(30-4)17(29-3)11-15(16)20(26)19(22(25)28)21(27)23-13-14-8-7-10-24(14)6-2/h5,11-12,14,26H,1,6-10,13H2,2-4H3,(H,23,27)/p+1/t14-/m0/s1. The van der Waals surface area contributed by atoms with Gasteiger partial charge in [-0.3, -0.25) is 9.59 Å². The summed E-state index contributed by atoms with van der Waals surface area (Å²) in [5.74, 6) is -0.125. The van der Waals surface area contributed by atoms with E-state index in [9.17, 15) is 14.7 Å². The Morgan fingerprint density at radius 1 is 1.37 bits per heavy atom. The molecule has 1 fully saturated rings. The van der Waals surface area contributed by atoms with Gasteiger partial charge in [0, 0.05) is 30.8 Å². The molecule has 0 aliphatic carbocycles. The molecule has 1 aliphatic rings. The smallest absolute Gasteiger partial charge is 0.268 e. The maximum atomic E-state index is 13.1. The first kappa shape index (κ1) is 21.7. The van der Waals surface area contributed by atoms with Gasteiger partial charge in [0.05, 0.1) is 39.4 Å². The van der Waals surface area contributed by atoms with Gasteiger partial charge in [-0.2, -0.15) is 0 Å². The van der Waals surface area contributed by atoms with Gasteiger partial charge >= 0.3 is 0 Å². The van der Waals surface area contributed by atoms with E-state index in [2.05, 4.69) is 18.8 Å². The second-order valence-corrected chi connectivity index (χ2v) is 7.46. The fraction of sp³-hybridized carbons (Fsp3) is 0.455. The SMILES string of the molecule is C=CCn1c(=O)c(C(=O)NC[C@@H]2CCC[NH+]2CC)c(O)c2cc(OC)c(OC)cc21. The van der Waals surface area contributed by atoms with Crippen molar-refractivity contribution in [3.63, 3.8) is 0 Å². The topological polar surface area (TPSA) is 94.2 Å². The average molecular weight is 416 g/mol. The molecule has 0 radical (unpaired) electrons. The van der Waals surface area contributed by atoms with Crippen LogP contribution in [0.4, 0.5) is 0 Å². The number of nitrogens with one attached hydrogen (secondary N) is 2. The van der Waals surface area contributed by atoms with Gasteiger partial charge in [-0.15, -0.1) is 6.58 Å². The third-order valence-electron chi connectivity index (χ3n) is 5.87. The van der Waals surface area contributed by atoms with E-state index in [0.29, 0.717) is 35.0 Å². The summed E-state index contributed by atoms with van der Waals surface area (Å²) >= 11 is 0. The quantitative estimate of drug-likeness (QED) is 0.551. The van der Waals surface area contributed by atoms with Gasteiger partial charge in [-0.25, -0.2) is 0 Å². The van der Waals surface area contributed by atoms with Gasteiger partial charge < -0.3 is 29.4 Å². The molecule has 1 aromatic heterocycles. The lowest BCUT2D eigenvalue weighted by molar-refractivity contribution is -0.909. The number of pyridine rings is 1. The number of methoxy groups -OCH3 is 2. The molecule has 2 atom stereocenters. The van der Waals surface area contributed by atoms with Crippen molar-refractivity contribution in [1.29, 1.82) is 0 Å². The molecular formula is C22H30N3O5+. The van der Waals surface area contributed by atoms with E-state index in [1.807, 2.05) is 0 Å². The fourth-order valence-corrected chi connectivity index (χ4v) is 4.28. The molecule has 1 amide bonds. The molecule has 1 saturated heterocycles. The van der Waals surface area contributed by atoms with Gasteiger partial charge in [0.1, 0.15) is 17.4 Å². The van der Waals surface area contributed by atoms with Crippen LogP contribution in [-0.2, 0) is 6.54 Å². The van der Waals surface area contributed by atoms with Gasteiger partial charge in [0.15, 0.2) is 11.5 Å². The molecule has 0 spiro atoms. The van der Waals surface area contributed by atoms with Crippen molar-refractivity contribution in [3.05, 3.63) is 40.7 Å². The second-order valence-electron chi connectivity index (χ2n) is 7.46. The number of likely N-dealkylation sites (N-methyl/N-ethyl adjacent to an activating group) is 1. The highest BCUT2D eigenvalue weighted by Crippen LogP contribution is 2.36. The number of amides is 1. The van der Waals surface area contributed by atoms with Crippen LogP contribution in [0.1, 0.15) is 30.1 Å². The summed E-state index contributed by atoms with van der Waals surface area (Å²) in [6, 6.07) is 3.50. The van der Waals surface area contributed by atoms with Crippen LogP contribution in [-0.4, -0.2) is 55.5 Å². The summed E-state index contributed by atoms with van der Waals surface area (Å²) in [5.41, 5.74) is -0.410. The molecule has 2 heterocycles. The van der Waals surface area contributed by atoms with E-state index >= 15 is 0 Å². The van der Waals surface area contributed by atoms with Crippen molar-refractivity contribution >= 4 is 16.8 Å². The number of carbonyl (C=O) groups excluding carboxylic acids is 1. The van der Waals surface area contributed by atoms with Crippen LogP contribution in [0.2, 0.25) is 0 Å². The number of carbonyl (C=O) groups is 1. The number of ether oxygens (including phenoxy) is 2. The van der Waals surface area contributed by atoms with Crippen molar-refractivity contribution in [1.82, 2.24) is 9.88 Å². The van der Waals surface area contributed by atoms with E-state index in [4.69, 9.17) is 9.47 Å². The van der Waals surface area contributed by atoms with Crippen molar-refractivity contribution < 1.29 is 24.3 Å². The van der Waals surface area contributed by atoms with E-state index in [1.54, 1.807) is 18.2 Å². The Bertz CT molecular complexity index is 1010. The van der Waals surface area contributed by atoms with Crippen LogP contribution in [0.3, 0.4) is 0 Å². The van der Waals surface area contributed by atoms with Crippen molar-refractivity contribution in [2.75, 3.05) is 33.9 Å². The molecule has 162 valence electrons. The summed E-state index contributed by atoms with van der Waals surface area (Å²) in [5, 5.41) is 14.1. The van der Waals surface area contributed by atoms with Gasteiger partial charge in [0.2, 0.25) is 0 Å². The highest BCUT2D eigenvalue weighted by atomic mass is 16.5. The number of quaternary nitrogens is 1. The Morgan fingerprint density at radius 3 is 2.70 bits per heavy atom. The minimum atomic E-state index is -0.575. The molecule has 3 rings (SSSR count). The van der Waals surface area contributed by atoms with Crippen molar-refractivity contribution in [3.8, 4) is 17.2 Å². The van der Waals surface area contributed by atoms with Crippen LogP contribution in [0.25, 0.3) is 10.9 Å². The van der Waals surface area contributed by atoms with Gasteiger partial charge in [0.25, 0.3) is 11.5 Å². The summed E-state index contributed by atoms with van der Waals surface area (Å²) < 4.78 is 12.0. The molecule has 2 aromatic rings. The zero-order valence-corrected chi connectivity index (χ0v) is 17.8. The Labute approximate surface area is 175 Å². The summed E-state index contributed by atoms with van der Waals surface area (Å²) in [4.78, 5) is 27.5. The highest BCUT2D eigenvalue weighted by molar-refractivity contribution is 6.03. The molecule has 8 heteroatoms. The Morgan fingerprint density at radius 2 is 2.07 bits per heavy atom. The van der Waals surface area contributed by atoms with Crippen LogP contribution in [0, 0.1) is 0 Å². The zero-order valence-electron chi connectivity index (χ0n) is 17.8. The van der Waals surface area contributed by atoms with E-state index in [1.165, 1.54) is 23.7 Å². The summed E-state index contributed by atoms with van der Waals surface area (Å²) in [7, 11) is 2.98. The Balaban J connectivity index is 2.06. The number of hydrogen-bond acceptors (Lipinski definition) is 5. The molecular weight excluding hydrogens is 386 g/mol. The lowest BCUT2D eigenvalue weighted by Crippen LogP contribution is -3.14. The third-order valence-corrected chi connectivity index (χ3v) is 5.87. The molecule has 8 nitrogen and oxygen atoms in total. The maximum Gasteiger partial charge on any atom is 0.268 e. The summed E-state index contributed by atoms with van der Waals surface area (Å²) in [6.07, 6.45) is 3.72. The van der Waals surface area contributed by atoms with E-state index in [0.717, 1.165) is 25.9 Å². The number of hydrogen-bond donors (Lipinski definition) is 3. The lowest BCUT2D eigenvalue weighted by atomic mass is 10.1. The highest BCUT2D eigenvalue weighted by Gasteiger charge is 2.29. The maximum absolute atomic E-state index is 13.1. The molecule has 0 saturated carbocycles. The first-order valence-electron chi connectivity index (χ1n) is 10.2. The predicted molar refractivity (Wildman–Crippen MR) is 115 cm³/mol. The second kappa shape index (κ2) is 9.21. The molecule has 1 unspecified atom stereocenters. The largest absolute Gasteiger partial charge is 0.506 e. The Kier molecular flexibility index (Phi) is 6.66. The number of aromatic nitrogens is 1. The molecule has 1 aliphatic heterocycles. The number of allylic oxidation sites excluding steroid dienone is 1. The third kappa shape index (κ3) is 3.87. The molecule has 0 bridgehead atoms. The predicted octanol–water partition coefficient (Wildman–Crippen LogP) is 0.707. The van der Waals surface area contributed by atoms with E-state index in [-0.39, 0.29) is 17.9 Å². The van der Waals surface area contributed by atoms with Crippen molar-refractivity contribution in [2.24, 2.45) is 0 Å². The normalized spacial score (nSPS) is 18.4. The summed E-state index contributed by atoms with van der Waals surface area (Å²) in [6.45, 7) is 8.56. The van der Waals surface area contributed by atoms with Gasteiger partial charge in [-0.05, 0) is 13.0 Å². The molecule has 3 N–H and O–H groups in total. The zero-order chi connectivity index (χ0) is 21.8. The number of likely N-dealkylation sites (tertiary alicyclic amines) is 1. The number of fused-ring (bicyclic) bond motifs is 1. The number of rotatable bonds is 8. The minimum absolute atomic E-state index is 0.182. The average Bonchev–Trinajstić information content (AvgIpc) is 3.22. The molecule has 30 heavy (non-hydrogen) atoms.